The molecule has 100 valence electrons. The summed E-state index contributed by atoms with van der Waals surface area (Å²) in [5.41, 5.74) is 2.89. The number of hydrogen-bond donors (Lipinski definition) is 1. The third-order valence-electron chi connectivity index (χ3n) is 3.25. The van der Waals surface area contributed by atoms with Crippen molar-refractivity contribution in [3.8, 4) is 0 Å². The quantitative estimate of drug-likeness (QED) is 0.835. The number of likely N-dealkylation sites (tertiary alicyclic amines) is 1. The van der Waals surface area contributed by atoms with Crippen LogP contribution < -0.4 is 5.32 Å². The van der Waals surface area contributed by atoms with Crippen molar-refractivity contribution in [2.45, 2.75) is 26.7 Å². The Kier molecular flexibility index (Phi) is 3.64. The zero-order chi connectivity index (χ0) is 14.0. The number of nitrogens with one attached hydrogen (secondary N) is 1. The normalized spacial score (nSPS) is 14.9. The van der Waals surface area contributed by atoms with Crippen molar-refractivity contribution in [1.29, 1.82) is 0 Å². The van der Waals surface area contributed by atoms with Crippen LogP contribution in [-0.4, -0.2) is 29.2 Å². The van der Waals surface area contributed by atoms with E-state index in [0.717, 1.165) is 16.0 Å². The molecule has 3 amide bonds. The smallest absolute Gasteiger partial charge is 0.244 e. The standard InChI is InChI=1S/C14H16N2O3/c1-9-3-4-11(7-10(9)2)15-12(17)8-16-13(18)5-6-14(16)19/h3-4,7H,5-6,8H2,1-2H3,(H,15,17). The minimum Gasteiger partial charge on any atom is -0.325 e. The van der Waals surface area contributed by atoms with E-state index in [0.29, 0.717) is 5.69 Å². The van der Waals surface area contributed by atoms with Crippen molar-refractivity contribution in [3.63, 3.8) is 0 Å². The van der Waals surface area contributed by atoms with Gasteiger partial charge in [0.25, 0.3) is 0 Å². The second-order valence-corrected chi connectivity index (χ2v) is 4.72. The molecule has 1 aromatic rings. The lowest BCUT2D eigenvalue weighted by molar-refractivity contribution is -0.141. The van der Waals surface area contributed by atoms with Crippen molar-refractivity contribution in [2.24, 2.45) is 0 Å². The molecular formula is C14H16N2O3. The zero-order valence-electron chi connectivity index (χ0n) is 11.0. The number of anilines is 1. The molecule has 1 saturated heterocycles. The van der Waals surface area contributed by atoms with E-state index in [2.05, 4.69) is 5.32 Å². The summed E-state index contributed by atoms with van der Waals surface area (Å²) in [7, 11) is 0. The fourth-order valence-corrected chi connectivity index (χ4v) is 1.96. The highest BCUT2D eigenvalue weighted by molar-refractivity contribution is 6.06. The summed E-state index contributed by atoms with van der Waals surface area (Å²) in [6, 6.07) is 5.58. The number of imide groups is 1. The third-order valence-corrected chi connectivity index (χ3v) is 3.25. The fraction of sp³-hybridized carbons (Fsp3) is 0.357. The van der Waals surface area contributed by atoms with Crippen LogP contribution in [0, 0.1) is 13.8 Å². The Hall–Kier alpha value is -2.17. The van der Waals surface area contributed by atoms with E-state index in [1.165, 1.54) is 0 Å². The number of nitrogens with zero attached hydrogens (tertiary/aromatic N) is 1. The van der Waals surface area contributed by atoms with Crippen LogP contribution >= 0.6 is 0 Å². The van der Waals surface area contributed by atoms with Crippen LogP contribution in [0.1, 0.15) is 24.0 Å². The first-order valence-corrected chi connectivity index (χ1v) is 6.17. The second-order valence-electron chi connectivity index (χ2n) is 4.72. The Morgan fingerprint density at radius 3 is 2.37 bits per heavy atom. The van der Waals surface area contributed by atoms with Crippen LogP contribution in [-0.2, 0) is 14.4 Å². The number of carbonyl (C=O) groups is 3. The number of amides is 3. The first kappa shape index (κ1) is 13.3. The number of carbonyl (C=O) groups excluding carboxylic acids is 3. The van der Waals surface area contributed by atoms with Gasteiger partial charge >= 0.3 is 0 Å². The maximum Gasteiger partial charge on any atom is 0.244 e. The summed E-state index contributed by atoms with van der Waals surface area (Å²) in [5, 5.41) is 2.69. The first-order chi connectivity index (χ1) is 8.97. The monoisotopic (exact) mass is 260 g/mol. The Bertz CT molecular complexity index is 536. The van der Waals surface area contributed by atoms with Crippen LogP contribution in [0.2, 0.25) is 0 Å². The van der Waals surface area contributed by atoms with Crippen LogP contribution in [0.3, 0.4) is 0 Å². The molecule has 1 heterocycles. The third kappa shape index (κ3) is 2.99. The summed E-state index contributed by atoms with van der Waals surface area (Å²) in [6.45, 7) is 3.74. The lowest BCUT2D eigenvalue weighted by Gasteiger charge is -2.14. The maximum atomic E-state index is 11.8. The largest absolute Gasteiger partial charge is 0.325 e. The molecule has 0 bridgehead atoms. The minimum atomic E-state index is -0.355. The predicted molar refractivity (Wildman–Crippen MR) is 70.5 cm³/mol. The number of rotatable bonds is 3. The van der Waals surface area contributed by atoms with E-state index in [1.54, 1.807) is 6.07 Å². The second kappa shape index (κ2) is 5.22. The molecule has 1 N–H and O–H groups in total. The molecule has 2 rings (SSSR count). The number of benzene rings is 1. The highest BCUT2D eigenvalue weighted by Crippen LogP contribution is 2.15. The Morgan fingerprint density at radius 1 is 1.16 bits per heavy atom. The van der Waals surface area contributed by atoms with Gasteiger partial charge < -0.3 is 5.32 Å². The highest BCUT2D eigenvalue weighted by atomic mass is 16.2. The van der Waals surface area contributed by atoms with Crippen molar-refractivity contribution in [2.75, 3.05) is 11.9 Å². The van der Waals surface area contributed by atoms with Crippen molar-refractivity contribution in [1.82, 2.24) is 4.90 Å². The molecule has 19 heavy (non-hydrogen) atoms. The highest BCUT2D eigenvalue weighted by Gasteiger charge is 2.30. The van der Waals surface area contributed by atoms with Crippen LogP contribution in [0.15, 0.2) is 18.2 Å². The van der Waals surface area contributed by atoms with Gasteiger partial charge in [-0.15, -0.1) is 0 Å². The van der Waals surface area contributed by atoms with Gasteiger partial charge in [0.1, 0.15) is 6.54 Å². The molecule has 0 spiro atoms. The summed E-state index contributed by atoms with van der Waals surface area (Å²) in [5.74, 6) is -0.910. The van der Waals surface area contributed by atoms with Gasteiger partial charge in [0.15, 0.2) is 0 Å². The van der Waals surface area contributed by atoms with Gasteiger partial charge in [0, 0.05) is 18.5 Å². The molecule has 1 fully saturated rings. The Morgan fingerprint density at radius 2 is 1.79 bits per heavy atom. The van der Waals surface area contributed by atoms with Crippen molar-refractivity contribution >= 4 is 23.4 Å². The zero-order valence-corrected chi connectivity index (χ0v) is 11.0. The summed E-state index contributed by atoms with van der Waals surface area (Å²) >= 11 is 0. The lowest BCUT2D eigenvalue weighted by atomic mass is 10.1. The first-order valence-electron chi connectivity index (χ1n) is 6.17. The Labute approximate surface area is 111 Å². The predicted octanol–water partition coefficient (Wildman–Crippen LogP) is 1.39. The van der Waals surface area contributed by atoms with E-state index in [4.69, 9.17) is 0 Å². The van der Waals surface area contributed by atoms with Gasteiger partial charge in [-0.2, -0.15) is 0 Å². The molecule has 0 unspecified atom stereocenters. The molecular weight excluding hydrogens is 244 g/mol. The van der Waals surface area contributed by atoms with Crippen molar-refractivity contribution in [3.05, 3.63) is 29.3 Å². The lowest BCUT2D eigenvalue weighted by Crippen LogP contribution is -2.36. The van der Waals surface area contributed by atoms with Crippen LogP contribution in [0.4, 0.5) is 5.69 Å². The number of hydrogen-bond acceptors (Lipinski definition) is 3. The molecule has 1 aromatic carbocycles. The van der Waals surface area contributed by atoms with Gasteiger partial charge in [-0.05, 0) is 37.1 Å². The van der Waals surface area contributed by atoms with Gasteiger partial charge in [-0.3, -0.25) is 19.3 Å². The molecule has 0 aliphatic carbocycles. The molecule has 0 saturated carbocycles. The molecule has 0 atom stereocenters. The molecule has 1 aliphatic rings. The average Bonchev–Trinajstić information content (AvgIpc) is 2.66. The molecule has 5 nitrogen and oxygen atoms in total. The minimum absolute atomic E-state index is 0.204. The maximum absolute atomic E-state index is 11.8. The van der Waals surface area contributed by atoms with Crippen molar-refractivity contribution < 1.29 is 14.4 Å². The van der Waals surface area contributed by atoms with Gasteiger partial charge in [0.05, 0.1) is 0 Å². The number of aryl methyl sites for hydroxylation is 2. The molecule has 0 aromatic heterocycles. The van der Waals surface area contributed by atoms with E-state index >= 15 is 0 Å². The van der Waals surface area contributed by atoms with Crippen LogP contribution in [0.25, 0.3) is 0 Å². The topological polar surface area (TPSA) is 66.5 Å². The Balaban J connectivity index is 1.99. The summed E-state index contributed by atoms with van der Waals surface area (Å²) in [4.78, 5) is 35.6. The SMILES string of the molecule is Cc1ccc(NC(=O)CN2C(=O)CCC2=O)cc1C. The summed E-state index contributed by atoms with van der Waals surface area (Å²) < 4.78 is 0. The van der Waals surface area contributed by atoms with E-state index < -0.39 is 0 Å². The van der Waals surface area contributed by atoms with E-state index in [9.17, 15) is 14.4 Å². The molecule has 1 aliphatic heterocycles. The van der Waals surface area contributed by atoms with Gasteiger partial charge in [0.2, 0.25) is 17.7 Å². The van der Waals surface area contributed by atoms with Gasteiger partial charge in [-0.1, -0.05) is 6.07 Å². The summed E-state index contributed by atoms with van der Waals surface area (Å²) in [6.07, 6.45) is 0.408. The average molecular weight is 260 g/mol. The van der Waals surface area contributed by atoms with E-state index in [-0.39, 0.29) is 37.1 Å². The van der Waals surface area contributed by atoms with Gasteiger partial charge in [-0.25, -0.2) is 0 Å². The van der Waals surface area contributed by atoms with E-state index in [1.807, 2.05) is 26.0 Å². The molecule has 5 heteroatoms. The molecule has 0 radical (unpaired) electrons. The van der Waals surface area contributed by atoms with Crippen LogP contribution in [0.5, 0.6) is 0 Å². The fourth-order valence-electron chi connectivity index (χ4n) is 1.96.